The van der Waals surface area contributed by atoms with E-state index in [1.165, 1.54) is 0 Å². The van der Waals surface area contributed by atoms with Crippen LogP contribution >= 0.6 is 11.3 Å². The second-order valence-corrected chi connectivity index (χ2v) is 6.31. The van der Waals surface area contributed by atoms with Gasteiger partial charge in [-0.3, -0.25) is 9.48 Å². The Kier molecular flexibility index (Phi) is 4.52. The normalized spacial score (nSPS) is 12.0. The molecule has 2 heterocycles. The summed E-state index contributed by atoms with van der Waals surface area (Å²) in [6, 6.07) is 9.95. The topological polar surface area (TPSA) is 68.0 Å². The molecule has 2 aromatic heterocycles. The maximum Gasteiger partial charge on any atom is 0.303 e. The Hall–Kier alpha value is -2.47. The molecule has 5 nitrogen and oxygen atoms in total. The number of rotatable bonds is 6. The molecule has 0 fully saturated rings. The number of allylic oxidation sites excluding steroid dienone is 1. The van der Waals surface area contributed by atoms with Gasteiger partial charge in [0, 0.05) is 19.7 Å². The summed E-state index contributed by atoms with van der Waals surface area (Å²) in [6.07, 6.45) is 5.23. The first kappa shape index (κ1) is 15.4. The number of para-hydroxylation sites is 1. The van der Waals surface area contributed by atoms with Crippen LogP contribution in [0.2, 0.25) is 0 Å². The van der Waals surface area contributed by atoms with Crippen LogP contribution < -0.4 is 0 Å². The maximum atomic E-state index is 10.8. The molecule has 6 heteroatoms. The fourth-order valence-electron chi connectivity index (χ4n) is 2.38. The highest BCUT2D eigenvalue weighted by Gasteiger charge is 2.11. The molecule has 0 aliphatic carbocycles. The average Bonchev–Trinajstić information content (AvgIpc) is 3.12. The van der Waals surface area contributed by atoms with Crippen molar-refractivity contribution in [3.05, 3.63) is 47.2 Å². The van der Waals surface area contributed by atoms with Crippen LogP contribution in [0.15, 0.2) is 36.5 Å². The van der Waals surface area contributed by atoms with Gasteiger partial charge in [-0.05, 0) is 42.7 Å². The van der Waals surface area contributed by atoms with E-state index in [-0.39, 0.29) is 6.42 Å². The van der Waals surface area contributed by atoms with Gasteiger partial charge < -0.3 is 5.11 Å². The number of carboxylic acids is 1. The smallest absolute Gasteiger partial charge is 0.303 e. The lowest BCUT2D eigenvalue weighted by Gasteiger charge is -2.04. The van der Waals surface area contributed by atoms with Crippen molar-refractivity contribution in [2.45, 2.75) is 19.3 Å². The number of aryl methyl sites for hydroxylation is 1. The maximum absolute atomic E-state index is 10.8. The number of fused-ring (bicyclic) bond motifs is 1. The highest BCUT2D eigenvalue weighted by atomic mass is 32.1. The fourth-order valence-corrected chi connectivity index (χ4v) is 3.39. The second kappa shape index (κ2) is 6.75. The van der Waals surface area contributed by atoms with Crippen LogP contribution in [-0.2, 0) is 11.8 Å². The second-order valence-electron chi connectivity index (χ2n) is 5.28. The van der Waals surface area contributed by atoms with Crippen molar-refractivity contribution in [2.75, 3.05) is 0 Å². The van der Waals surface area contributed by atoms with E-state index in [4.69, 9.17) is 10.1 Å². The third-order valence-electron chi connectivity index (χ3n) is 3.59. The molecule has 0 aliphatic rings. The van der Waals surface area contributed by atoms with Gasteiger partial charge in [-0.1, -0.05) is 12.1 Å². The number of aromatic nitrogens is 3. The van der Waals surface area contributed by atoms with Crippen molar-refractivity contribution < 1.29 is 9.90 Å². The summed E-state index contributed by atoms with van der Waals surface area (Å²) in [5.41, 5.74) is 3.01. The Morgan fingerprint density at radius 1 is 1.30 bits per heavy atom. The molecule has 0 radical (unpaired) electrons. The van der Waals surface area contributed by atoms with E-state index >= 15 is 0 Å². The number of hydrogen-bond acceptors (Lipinski definition) is 4. The van der Waals surface area contributed by atoms with Crippen molar-refractivity contribution in [2.24, 2.45) is 7.05 Å². The molecule has 0 aliphatic heterocycles. The monoisotopic (exact) mass is 327 g/mol. The van der Waals surface area contributed by atoms with E-state index in [2.05, 4.69) is 11.2 Å². The lowest BCUT2D eigenvalue weighted by molar-refractivity contribution is -0.137. The van der Waals surface area contributed by atoms with Crippen LogP contribution in [0.4, 0.5) is 0 Å². The lowest BCUT2D eigenvalue weighted by atomic mass is 10.1. The first-order chi connectivity index (χ1) is 11.1. The predicted octanol–water partition coefficient (Wildman–Crippen LogP) is 3.83. The van der Waals surface area contributed by atoms with E-state index in [1.54, 1.807) is 22.2 Å². The largest absolute Gasteiger partial charge is 0.481 e. The first-order valence-electron chi connectivity index (χ1n) is 7.40. The Balaban J connectivity index is 1.95. The number of nitrogens with zero attached hydrogens (tertiary/aromatic N) is 3. The SMILES string of the molecule is Cn1nccc1/C=C(/CCCC(=O)O)c1nc2ccccc2s1. The fraction of sp³-hybridized carbons (Fsp3) is 0.235. The van der Waals surface area contributed by atoms with Gasteiger partial charge >= 0.3 is 5.97 Å². The van der Waals surface area contributed by atoms with E-state index in [1.807, 2.05) is 37.4 Å². The van der Waals surface area contributed by atoms with Crippen molar-refractivity contribution in [1.82, 2.24) is 14.8 Å². The standard InChI is InChI=1S/C17H17N3O2S/c1-20-13(9-10-18-20)11-12(5-4-8-16(21)22)17-19-14-6-2-3-7-15(14)23-17/h2-3,6-7,9-11H,4-5,8H2,1H3,(H,21,22)/b12-11-. The van der Waals surface area contributed by atoms with E-state index < -0.39 is 5.97 Å². The van der Waals surface area contributed by atoms with Crippen LogP contribution in [0, 0.1) is 0 Å². The average molecular weight is 327 g/mol. The highest BCUT2D eigenvalue weighted by Crippen LogP contribution is 2.31. The Morgan fingerprint density at radius 2 is 2.13 bits per heavy atom. The molecule has 118 valence electrons. The summed E-state index contributed by atoms with van der Waals surface area (Å²) in [6.45, 7) is 0. The highest BCUT2D eigenvalue weighted by molar-refractivity contribution is 7.19. The van der Waals surface area contributed by atoms with Crippen LogP contribution in [0.5, 0.6) is 0 Å². The molecule has 1 aromatic carbocycles. The number of carbonyl (C=O) groups is 1. The molecule has 1 N–H and O–H groups in total. The van der Waals surface area contributed by atoms with Gasteiger partial charge in [0.2, 0.25) is 0 Å². The lowest BCUT2D eigenvalue weighted by Crippen LogP contribution is -1.96. The number of thiazole rings is 1. The first-order valence-corrected chi connectivity index (χ1v) is 8.21. The zero-order valence-corrected chi connectivity index (χ0v) is 13.6. The summed E-state index contributed by atoms with van der Waals surface area (Å²) >= 11 is 1.64. The summed E-state index contributed by atoms with van der Waals surface area (Å²) in [5.74, 6) is -0.769. The van der Waals surface area contributed by atoms with Gasteiger partial charge in [-0.25, -0.2) is 4.98 Å². The van der Waals surface area contributed by atoms with Gasteiger partial charge in [0.15, 0.2) is 0 Å². The minimum Gasteiger partial charge on any atom is -0.481 e. The molecule has 0 amide bonds. The summed E-state index contributed by atoms with van der Waals surface area (Å²) in [7, 11) is 1.89. The molecule has 3 aromatic rings. The minimum atomic E-state index is -0.769. The molecule has 3 rings (SSSR count). The molecule has 0 unspecified atom stereocenters. The number of hydrogen-bond donors (Lipinski definition) is 1. The Labute approximate surface area is 137 Å². The zero-order chi connectivity index (χ0) is 16.2. The summed E-state index contributed by atoms with van der Waals surface area (Å²) < 4.78 is 2.93. The Morgan fingerprint density at radius 3 is 2.83 bits per heavy atom. The Bertz CT molecular complexity index is 830. The van der Waals surface area contributed by atoms with E-state index in [9.17, 15) is 4.79 Å². The number of benzene rings is 1. The molecule has 0 saturated heterocycles. The quantitative estimate of drug-likeness (QED) is 0.747. The van der Waals surface area contributed by atoms with Crippen molar-refractivity contribution in [3.8, 4) is 0 Å². The van der Waals surface area contributed by atoms with Crippen LogP contribution in [-0.4, -0.2) is 25.8 Å². The van der Waals surface area contributed by atoms with Crippen molar-refractivity contribution >= 4 is 39.2 Å². The van der Waals surface area contributed by atoms with Crippen molar-refractivity contribution in [1.29, 1.82) is 0 Å². The molecular formula is C17H17N3O2S. The summed E-state index contributed by atoms with van der Waals surface area (Å²) in [4.78, 5) is 15.5. The van der Waals surface area contributed by atoms with Crippen LogP contribution in [0.3, 0.4) is 0 Å². The molecule has 0 saturated carbocycles. The van der Waals surface area contributed by atoms with Crippen molar-refractivity contribution in [3.63, 3.8) is 0 Å². The molecule has 0 spiro atoms. The minimum absolute atomic E-state index is 0.160. The third kappa shape index (κ3) is 3.65. The predicted molar refractivity (Wildman–Crippen MR) is 92.2 cm³/mol. The zero-order valence-electron chi connectivity index (χ0n) is 12.8. The van der Waals surface area contributed by atoms with Gasteiger partial charge in [0.1, 0.15) is 5.01 Å². The molecule has 23 heavy (non-hydrogen) atoms. The number of aliphatic carboxylic acids is 1. The van der Waals surface area contributed by atoms with Gasteiger partial charge in [0.05, 0.1) is 15.9 Å². The molecule has 0 bridgehead atoms. The summed E-state index contributed by atoms with van der Waals surface area (Å²) in [5, 5.41) is 14.0. The van der Waals surface area contributed by atoms with Gasteiger partial charge in [0.25, 0.3) is 0 Å². The van der Waals surface area contributed by atoms with E-state index in [0.29, 0.717) is 12.8 Å². The van der Waals surface area contributed by atoms with Gasteiger partial charge in [-0.2, -0.15) is 5.10 Å². The third-order valence-corrected chi connectivity index (χ3v) is 4.70. The molecule has 0 atom stereocenters. The van der Waals surface area contributed by atoms with E-state index in [0.717, 1.165) is 26.5 Å². The van der Waals surface area contributed by atoms with Gasteiger partial charge in [-0.15, -0.1) is 11.3 Å². The van der Waals surface area contributed by atoms with Crippen LogP contribution in [0.1, 0.15) is 30.0 Å². The number of carboxylic acid groups (broad SMARTS) is 1. The molecular weight excluding hydrogens is 310 g/mol. The van der Waals surface area contributed by atoms with Crippen LogP contribution in [0.25, 0.3) is 21.9 Å².